The number of amides is 1. The van der Waals surface area contributed by atoms with Crippen molar-refractivity contribution >= 4 is 28.3 Å². The molecule has 1 fully saturated rings. The van der Waals surface area contributed by atoms with Crippen LogP contribution in [0.3, 0.4) is 0 Å². The highest BCUT2D eigenvalue weighted by Gasteiger charge is 2.28. The van der Waals surface area contributed by atoms with Gasteiger partial charge in [-0.3, -0.25) is 4.79 Å². The molecule has 2 aromatic heterocycles. The summed E-state index contributed by atoms with van der Waals surface area (Å²) in [6, 6.07) is 1.91. The lowest BCUT2D eigenvalue weighted by molar-refractivity contribution is -0.134. The maximum absolute atomic E-state index is 12.4. The number of aryl methyl sites for hydroxylation is 1. The lowest BCUT2D eigenvalue weighted by Crippen LogP contribution is -2.42. The number of likely N-dealkylation sites (N-methyl/N-ethyl adjacent to an activating group) is 1. The van der Waals surface area contributed by atoms with E-state index in [9.17, 15) is 4.79 Å². The predicted molar refractivity (Wildman–Crippen MR) is 94.4 cm³/mol. The Labute approximate surface area is 145 Å². The number of anilines is 2. The van der Waals surface area contributed by atoms with Crippen molar-refractivity contribution in [1.29, 1.82) is 0 Å². The number of carbonyl (C=O) groups excluding carboxylic acids is 1. The molecule has 8 heteroatoms. The Morgan fingerprint density at radius 1 is 1.42 bits per heavy atom. The number of nitrogens with zero attached hydrogens (tertiary/aromatic N) is 4. The minimum atomic E-state index is 0.0150. The van der Waals surface area contributed by atoms with Crippen molar-refractivity contribution in [2.75, 3.05) is 25.5 Å². The Morgan fingerprint density at radius 2 is 2.29 bits per heavy atom. The fourth-order valence-corrected chi connectivity index (χ4v) is 3.58. The summed E-state index contributed by atoms with van der Waals surface area (Å²) >= 11 is 1.56. The molecule has 2 N–H and O–H groups in total. The van der Waals surface area contributed by atoms with E-state index >= 15 is 0 Å². The van der Waals surface area contributed by atoms with Gasteiger partial charge >= 0.3 is 0 Å². The van der Waals surface area contributed by atoms with Crippen LogP contribution in [0.5, 0.6) is 0 Å². The standard InChI is InChI=1S/C16H22N6OS/c1-11-9-19-16(24-11)21-15-18-7-6-12(20-15)13-5-3-4-8-22(13)14(23)10-17-2/h6-7,9,13,17H,3-5,8,10H2,1-2H3,(H,18,19,20,21)/t13-/m1/s1. The maximum Gasteiger partial charge on any atom is 0.237 e. The van der Waals surface area contributed by atoms with Gasteiger partial charge in [-0.2, -0.15) is 0 Å². The first-order valence-electron chi connectivity index (χ1n) is 8.14. The maximum atomic E-state index is 12.4. The molecule has 24 heavy (non-hydrogen) atoms. The minimum Gasteiger partial charge on any atom is -0.333 e. The highest BCUT2D eigenvalue weighted by Crippen LogP contribution is 2.30. The molecule has 0 saturated carbocycles. The Kier molecular flexibility index (Phi) is 5.37. The van der Waals surface area contributed by atoms with Crippen LogP contribution in [0, 0.1) is 6.92 Å². The number of hydrogen-bond acceptors (Lipinski definition) is 7. The summed E-state index contributed by atoms with van der Waals surface area (Å²) in [5.74, 6) is 0.638. The molecule has 1 saturated heterocycles. The first kappa shape index (κ1) is 16.8. The van der Waals surface area contributed by atoms with E-state index in [1.54, 1.807) is 24.6 Å². The second kappa shape index (κ2) is 7.67. The molecule has 1 aliphatic rings. The zero-order chi connectivity index (χ0) is 16.9. The smallest absolute Gasteiger partial charge is 0.237 e. The van der Waals surface area contributed by atoms with Crippen LogP contribution in [0.1, 0.15) is 35.9 Å². The van der Waals surface area contributed by atoms with Gasteiger partial charge in [-0.25, -0.2) is 15.0 Å². The van der Waals surface area contributed by atoms with Gasteiger partial charge in [0.1, 0.15) is 0 Å². The summed E-state index contributed by atoms with van der Waals surface area (Å²) in [6.45, 7) is 3.14. The largest absolute Gasteiger partial charge is 0.333 e. The average molecular weight is 346 g/mol. The highest BCUT2D eigenvalue weighted by molar-refractivity contribution is 7.15. The zero-order valence-electron chi connectivity index (χ0n) is 14.0. The molecule has 0 spiro atoms. The van der Waals surface area contributed by atoms with Crippen LogP contribution >= 0.6 is 11.3 Å². The molecule has 0 radical (unpaired) electrons. The van der Waals surface area contributed by atoms with Crippen molar-refractivity contribution in [3.63, 3.8) is 0 Å². The third-order valence-corrected chi connectivity index (χ3v) is 4.84. The van der Waals surface area contributed by atoms with Gasteiger partial charge in [0.15, 0.2) is 5.13 Å². The first-order chi connectivity index (χ1) is 11.7. The molecule has 1 amide bonds. The van der Waals surface area contributed by atoms with Crippen molar-refractivity contribution in [2.45, 2.75) is 32.2 Å². The molecule has 7 nitrogen and oxygen atoms in total. The number of likely N-dealkylation sites (tertiary alicyclic amines) is 1. The number of piperidine rings is 1. The van der Waals surface area contributed by atoms with Gasteiger partial charge in [-0.1, -0.05) is 0 Å². The Hall–Kier alpha value is -2.06. The topological polar surface area (TPSA) is 83.0 Å². The van der Waals surface area contributed by atoms with Gasteiger partial charge < -0.3 is 15.5 Å². The van der Waals surface area contributed by atoms with Gasteiger partial charge in [-0.15, -0.1) is 11.3 Å². The average Bonchev–Trinajstić information content (AvgIpc) is 3.00. The molecular formula is C16H22N6OS. The molecule has 0 aliphatic carbocycles. The molecule has 1 aliphatic heterocycles. The Bertz CT molecular complexity index is 703. The SMILES string of the molecule is CNCC(=O)N1CCCC[C@@H]1c1ccnc(Nc2ncc(C)s2)n1. The van der Waals surface area contributed by atoms with E-state index in [1.165, 1.54) is 0 Å². The Balaban J connectivity index is 1.79. The van der Waals surface area contributed by atoms with Gasteiger partial charge in [0.25, 0.3) is 0 Å². The summed E-state index contributed by atoms with van der Waals surface area (Å²) in [4.78, 5) is 28.6. The van der Waals surface area contributed by atoms with Crippen molar-refractivity contribution in [3.8, 4) is 0 Å². The van der Waals surface area contributed by atoms with Gasteiger partial charge in [0.05, 0.1) is 18.3 Å². The van der Waals surface area contributed by atoms with Crippen LogP contribution in [-0.2, 0) is 4.79 Å². The molecule has 3 rings (SSSR count). The monoisotopic (exact) mass is 346 g/mol. The predicted octanol–water partition coefficient (Wildman–Crippen LogP) is 2.26. The third kappa shape index (κ3) is 3.88. The van der Waals surface area contributed by atoms with Crippen LogP contribution in [0.25, 0.3) is 0 Å². The van der Waals surface area contributed by atoms with Crippen LogP contribution in [0.15, 0.2) is 18.5 Å². The highest BCUT2D eigenvalue weighted by atomic mass is 32.1. The lowest BCUT2D eigenvalue weighted by Gasteiger charge is -2.35. The molecular weight excluding hydrogens is 324 g/mol. The summed E-state index contributed by atoms with van der Waals surface area (Å²) in [6.07, 6.45) is 6.63. The fourth-order valence-electron chi connectivity index (χ4n) is 2.92. The van der Waals surface area contributed by atoms with Crippen LogP contribution < -0.4 is 10.6 Å². The molecule has 128 valence electrons. The molecule has 0 aromatic carbocycles. The second-order valence-electron chi connectivity index (χ2n) is 5.84. The van der Waals surface area contributed by atoms with Crippen molar-refractivity contribution in [2.24, 2.45) is 0 Å². The first-order valence-corrected chi connectivity index (χ1v) is 8.95. The second-order valence-corrected chi connectivity index (χ2v) is 7.07. The van der Waals surface area contributed by atoms with Gasteiger partial charge in [0.2, 0.25) is 11.9 Å². The Morgan fingerprint density at radius 3 is 3.04 bits per heavy atom. The molecule has 3 heterocycles. The zero-order valence-corrected chi connectivity index (χ0v) is 14.8. The van der Waals surface area contributed by atoms with E-state index in [-0.39, 0.29) is 11.9 Å². The van der Waals surface area contributed by atoms with E-state index in [0.29, 0.717) is 12.5 Å². The van der Waals surface area contributed by atoms with E-state index in [2.05, 4.69) is 25.6 Å². The normalized spacial score (nSPS) is 17.8. The molecule has 2 aromatic rings. The van der Waals surface area contributed by atoms with E-state index in [0.717, 1.165) is 41.5 Å². The van der Waals surface area contributed by atoms with Gasteiger partial charge in [-0.05, 0) is 39.3 Å². The summed E-state index contributed by atoms with van der Waals surface area (Å²) in [5, 5.41) is 6.86. The summed E-state index contributed by atoms with van der Waals surface area (Å²) in [7, 11) is 1.79. The summed E-state index contributed by atoms with van der Waals surface area (Å²) < 4.78 is 0. The lowest BCUT2D eigenvalue weighted by atomic mass is 9.99. The number of carbonyl (C=O) groups is 1. The van der Waals surface area contributed by atoms with Crippen LogP contribution in [0.2, 0.25) is 0 Å². The van der Waals surface area contributed by atoms with Crippen LogP contribution in [-0.4, -0.2) is 45.9 Å². The fraction of sp³-hybridized carbons (Fsp3) is 0.500. The molecule has 1 atom stereocenters. The molecule has 0 unspecified atom stereocenters. The quantitative estimate of drug-likeness (QED) is 0.864. The van der Waals surface area contributed by atoms with Crippen molar-refractivity contribution < 1.29 is 4.79 Å². The van der Waals surface area contributed by atoms with Crippen molar-refractivity contribution in [1.82, 2.24) is 25.2 Å². The number of nitrogens with one attached hydrogen (secondary N) is 2. The van der Waals surface area contributed by atoms with E-state index < -0.39 is 0 Å². The van der Waals surface area contributed by atoms with E-state index in [1.807, 2.05) is 24.1 Å². The van der Waals surface area contributed by atoms with E-state index in [4.69, 9.17) is 0 Å². The summed E-state index contributed by atoms with van der Waals surface area (Å²) in [5.41, 5.74) is 0.880. The number of rotatable bonds is 5. The number of thiazole rings is 1. The third-order valence-electron chi connectivity index (χ3n) is 4.01. The molecule has 0 bridgehead atoms. The van der Waals surface area contributed by atoms with Gasteiger partial charge in [0, 0.05) is 23.8 Å². The minimum absolute atomic E-state index is 0.0150. The van der Waals surface area contributed by atoms with Crippen molar-refractivity contribution in [3.05, 3.63) is 29.0 Å². The van der Waals surface area contributed by atoms with Crippen LogP contribution in [0.4, 0.5) is 11.1 Å². The number of aromatic nitrogens is 3. The number of hydrogen-bond donors (Lipinski definition) is 2.